The molecule has 0 aromatic carbocycles. The SMILES string of the molecule is C[C@@H]1[C@@H](C(=O)O)CCCCN1CCN(C)C. The Kier molecular flexibility index (Phi) is 5.22. The van der Waals surface area contributed by atoms with Crippen molar-refractivity contribution in [1.82, 2.24) is 9.80 Å². The van der Waals surface area contributed by atoms with Crippen molar-refractivity contribution in [3.8, 4) is 0 Å². The van der Waals surface area contributed by atoms with Crippen molar-refractivity contribution in [3.63, 3.8) is 0 Å². The minimum absolute atomic E-state index is 0.167. The number of carboxylic acid groups (broad SMARTS) is 1. The van der Waals surface area contributed by atoms with E-state index < -0.39 is 5.97 Å². The second kappa shape index (κ2) is 6.21. The number of hydrogen-bond acceptors (Lipinski definition) is 3. The monoisotopic (exact) mass is 228 g/mol. The summed E-state index contributed by atoms with van der Waals surface area (Å²) in [5.74, 6) is -0.825. The Bertz CT molecular complexity index is 231. The van der Waals surface area contributed by atoms with E-state index in [0.29, 0.717) is 0 Å². The zero-order valence-corrected chi connectivity index (χ0v) is 10.6. The van der Waals surface area contributed by atoms with Gasteiger partial charge in [0.2, 0.25) is 0 Å². The van der Waals surface area contributed by atoms with Crippen LogP contribution in [0.3, 0.4) is 0 Å². The fourth-order valence-corrected chi connectivity index (χ4v) is 2.35. The fourth-order valence-electron chi connectivity index (χ4n) is 2.35. The Balaban J connectivity index is 2.57. The number of nitrogens with zero attached hydrogens (tertiary/aromatic N) is 2. The van der Waals surface area contributed by atoms with E-state index in [-0.39, 0.29) is 12.0 Å². The van der Waals surface area contributed by atoms with Gasteiger partial charge in [-0.25, -0.2) is 0 Å². The van der Waals surface area contributed by atoms with Gasteiger partial charge in [0, 0.05) is 19.1 Å². The van der Waals surface area contributed by atoms with E-state index in [1.165, 1.54) is 0 Å². The smallest absolute Gasteiger partial charge is 0.308 e. The molecule has 1 rings (SSSR count). The molecule has 0 aromatic heterocycles. The van der Waals surface area contributed by atoms with Crippen LogP contribution in [0.4, 0.5) is 0 Å². The van der Waals surface area contributed by atoms with Crippen LogP contribution in [0.5, 0.6) is 0 Å². The predicted molar refractivity (Wildman–Crippen MR) is 64.6 cm³/mol. The van der Waals surface area contributed by atoms with E-state index in [1.807, 2.05) is 0 Å². The van der Waals surface area contributed by atoms with Gasteiger partial charge in [0.05, 0.1) is 5.92 Å². The molecule has 1 aliphatic heterocycles. The standard InChI is InChI=1S/C12H24N2O2/c1-10-11(12(15)16)6-4-5-7-14(10)9-8-13(2)3/h10-11H,4-9H2,1-3H3,(H,15,16)/t10-,11+/m1/s1. The number of carbonyl (C=O) groups is 1. The van der Waals surface area contributed by atoms with Crippen molar-refractivity contribution in [3.05, 3.63) is 0 Å². The summed E-state index contributed by atoms with van der Waals surface area (Å²) in [6, 6.07) is 0.167. The van der Waals surface area contributed by atoms with Gasteiger partial charge in [-0.3, -0.25) is 9.69 Å². The summed E-state index contributed by atoms with van der Waals surface area (Å²) in [5.41, 5.74) is 0. The topological polar surface area (TPSA) is 43.8 Å². The lowest BCUT2D eigenvalue weighted by molar-refractivity contribution is -0.144. The molecule has 0 aliphatic carbocycles. The van der Waals surface area contributed by atoms with Crippen LogP contribution in [0, 0.1) is 5.92 Å². The molecule has 1 saturated heterocycles. The van der Waals surface area contributed by atoms with Crippen molar-refractivity contribution in [1.29, 1.82) is 0 Å². The van der Waals surface area contributed by atoms with Crippen LogP contribution < -0.4 is 0 Å². The van der Waals surface area contributed by atoms with Gasteiger partial charge in [0.25, 0.3) is 0 Å². The van der Waals surface area contributed by atoms with E-state index in [4.69, 9.17) is 0 Å². The Morgan fingerprint density at radius 3 is 2.69 bits per heavy atom. The number of rotatable bonds is 4. The molecule has 1 fully saturated rings. The molecular weight excluding hydrogens is 204 g/mol. The van der Waals surface area contributed by atoms with Crippen LogP contribution in [0.2, 0.25) is 0 Å². The molecule has 1 heterocycles. The third-order valence-corrected chi connectivity index (χ3v) is 3.52. The number of carboxylic acids is 1. The zero-order chi connectivity index (χ0) is 12.1. The minimum Gasteiger partial charge on any atom is -0.481 e. The summed E-state index contributed by atoms with van der Waals surface area (Å²) in [6.07, 6.45) is 3.00. The summed E-state index contributed by atoms with van der Waals surface area (Å²) in [4.78, 5) is 15.6. The third kappa shape index (κ3) is 3.76. The van der Waals surface area contributed by atoms with Crippen LogP contribution in [-0.4, -0.2) is 60.6 Å². The first kappa shape index (κ1) is 13.5. The average Bonchev–Trinajstić information content (AvgIpc) is 2.37. The number of aliphatic carboxylic acids is 1. The predicted octanol–water partition coefficient (Wildman–Crippen LogP) is 1.12. The van der Waals surface area contributed by atoms with E-state index in [2.05, 4.69) is 30.8 Å². The fraction of sp³-hybridized carbons (Fsp3) is 0.917. The maximum absolute atomic E-state index is 11.2. The van der Waals surface area contributed by atoms with Crippen LogP contribution >= 0.6 is 0 Å². The normalized spacial score (nSPS) is 28.0. The van der Waals surface area contributed by atoms with E-state index in [1.54, 1.807) is 0 Å². The Labute approximate surface area is 98.2 Å². The second-order valence-electron chi connectivity index (χ2n) is 5.02. The molecule has 4 nitrogen and oxygen atoms in total. The molecular formula is C12H24N2O2. The highest BCUT2D eigenvalue weighted by atomic mass is 16.4. The van der Waals surface area contributed by atoms with Gasteiger partial charge < -0.3 is 10.0 Å². The molecule has 0 unspecified atom stereocenters. The molecule has 2 atom stereocenters. The number of likely N-dealkylation sites (tertiary alicyclic amines) is 1. The van der Waals surface area contributed by atoms with E-state index in [9.17, 15) is 9.90 Å². The lowest BCUT2D eigenvalue weighted by Crippen LogP contribution is -2.43. The van der Waals surface area contributed by atoms with E-state index >= 15 is 0 Å². The molecule has 16 heavy (non-hydrogen) atoms. The third-order valence-electron chi connectivity index (χ3n) is 3.52. The van der Waals surface area contributed by atoms with Gasteiger partial charge in [-0.05, 0) is 40.4 Å². The molecule has 94 valence electrons. The first-order chi connectivity index (χ1) is 7.52. The first-order valence-corrected chi connectivity index (χ1v) is 6.14. The molecule has 0 radical (unpaired) electrons. The number of hydrogen-bond donors (Lipinski definition) is 1. The van der Waals surface area contributed by atoms with Gasteiger partial charge in [-0.15, -0.1) is 0 Å². The Hall–Kier alpha value is -0.610. The van der Waals surface area contributed by atoms with Gasteiger partial charge in [0.15, 0.2) is 0 Å². The molecule has 4 heteroatoms. The van der Waals surface area contributed by atoms with Crippen LogP contribution in [-0.2, 0) is 4.79 Å². The maximum Gasteiger partial charge on any atom is 0.308 e. The van der Waals surface area contributed by atoms with Crippen LogP contribution in [0.1, 0.15) is 26.2 Å². The summed E-state index contributed by atoms with van der Waals surface area (Å²) >= 11 is 0. The molecule has 0 amide bonds. The summed E-state index contributed by atoms with van der Waals surface area (Å²) < 4.78 is 0. The molecule has 0 bridgehead atoms. The Morgan fingerprint density at radius 1 is 1.44 bits per heavy atom. The average molecular weight is 228 g/mol. The zero-order valence-electron chi connectivity index (χ0n) is 10.6. The highest BCUT2D eigenvalue weighted by Gasteiger charge is 2.30. The Morgan fingerprint density at radius 2 is 2.12 bits per heavy atom. The molecule has 0 aromatic rings. The van der Waals surface area contributed by atoms with Crippen LogP contribution in [0.25, 0.3) is 0 Å². The molecule has 1 N–H and O–H groups in total. The van der Waals surface area contributed by atoms with Crippen LogP contribution in [0.15, 0.2) is 0 Å². The van der Waals surface area contributed by atoms with Crippen molar-refractivity contribution in [2.75, 3.05) is 33.7 Å². The minimum atomic E-state index is -0.635. The van der Waals surface area contributed by atoms with Gasteiger partial charge >= 0.3 is 5.97 Å². The van der Waals surface area contributed by atoms with Crippen molar-refractivity contribution >= 4 is 5.97 Å². The quantitative estimate of drug-likeness (QED) is 0.783. The maximum atomic E-state index is 11.2. The van der Waals surface area contributed by atoms with Crippen molar-refractivity contribution in [2.45, 2.75) is 32.2 Å². The van der Waals surface area contributed by atoms with Gasteiger partial charge in [-0.1, -0.05) is 6.42 Å². The second-order valence-corrected chi connectivity index (χ2v) is 5.02. The van der Waals surface area contributed by atoms with E-state index in [0.717, 1.165) is 38.9 Å². The lowest BCUT2D eigenvalue weighted by atomic mass is 9.96. The largest absolute Gasteiger partial charge is 0.481 e. The highest BCUT2D eigenvalue weighted by molar-refractivity contribution is 5.70. The summed E-state index contributed by atoms with van der Waals surface area (Å²) in [7, 11) is 4.11. The summed E-state index contributed by atoms with van der Waals surface area (Å²) in [6.45, 7) is 5.06. The summed E-state index contributed by atoms with van der Waals surface area (Å²) in [5, 5.41) is 9.19. The van der Waals surface area contributed by atoms with Gasteiger partial charge in [0.1, 0.15) is 0 Å². The number of likely N-dealkylation sites (N-methyl/N-ethyl adjacent to an activating group) is 1. The van der Waals surface area contributed by atoms with Gasteiger partial charge in [-0.2, -0.15) is 0 Å². The van der Waals surface area contributed by atoms with Crippen molar-refractivity contribution in [2.24, 2.45) is 5.92 Å². The van der Waals surface area contributed by atoms with Crippen molar-refractivity contribution < 1.29 is 9.90 Å². The molecule has 0 spiro atoms. The lowest BCUT2D eigenvalue weighted by Gasteiger charge is -2.31. The first-order valence-electron chi connectivity index (χ1n) is 6.14. The molecule has 1 aliphatic rings. The molecule has 0 saturated carbocycles. The highest BCUT2D eigenvalue weighted by Crippen LogP contribution is 2.22.